The maximum atomic E-state index is 13.6. The maximum absolute atomic E-state index is 13.6. The van der Waals surface area contributed by atoms with Crippen molar-refractivity contribution >= 4 is 35.3 Å². The van der Waals surface area contributed by atoms with Crippen molar-refractivity contribution in [1.82, 2.24) is 16.0 Å². The molecule has 0 spiro atoms. The number of rotatable bonds is 6. The van der Waals surface area contributed by atoms with Crippen LogP contribution in [0.1, 0.15) is 66.9 Å². The third-order valence-corrected chi connectivity index (χ3v) is 7.85. The lowest BCUT2D eigenvalue weighted by Gasteiger charge is -2.35. The highest BCUT2D eigenvalue weighted by Crippen LogP contribution is 2.27. The monoisotopic (exact) mass is 607 g/mol. The van der Waals surface area contributed by atoms with Crippen molar-refractivity contribution < 1.29 is 33.8 Å². The average Bonchev–Trinajstić information content (AvgIpc) is 2.89. The highest BCUT2D eigenvalue weighted by Gasteiger charge is 2.40. The number of benzene rings is 1. The third kappa shape index (κ3) is 10.0. The number of amides is 3. The Hall–Kier alpha value is -3.11. The molecule has 0 bridgehead atoms. The maximum Gasteiger partial charge on any atom is 0.328 e. The number of esters is 1. The van der Waals surface area contributed by atoms with Crippen LogP contribution in [0.15, 0.2) is 30.4 Å². The highest BCUT2D eigenvalue weighted by molar-refractivity contribution is 6.32. The fourth-order valence-corrected chi connectivity index (χ4v) is 4.68. The van der Waals surface area contributed by atoms with Crippen LogP contribution in [0.3, 0.4) is 0 Å². The molecule has 0 saturated carbocycles. The van der Waals surface area contributed by atoms with E-state index in [1.807, 2.05) is 20.8 Å². The smallest absolute Gasteiger partial charge is 0.328 e. The zero-order chi connectivity index (χ0) is 31.8. The molecule has 1 heterocycles. The number of cyclic esters (lactones) is 1. The molecule has 4 N–H and O–H groups in total. The Morgan fingerprint density at radius 1 is 1.12 bits per heavy atom. The second kappa shape index (κ2) is 14.9. The lowest BCUT2D eigenvalue weighted by molar-refractivity contribution is -0.157. The molecule has 0 radical (unpaired) electrons. The molecular formula is C31H46ClN3O7. The van der Waals surface area contributed by atoms with Crippen molar-refractivity contribution in [3.05, 3.63) is 40.9 Å². The van der Waals surface area contributed by atoms with Crippen LogP contribution >= 0.6 is 11.6 Å². The normalized spacial score (nSPS) is 25.9. The van der Waals surface area contributed by atoms with E-state index in [1.165, 1.54) is 19.3 Å². The van der Waals surface area contributed by atoms with Crippen LogP contribution in [0.25, 0.3) is 0 Å². The summed E-state index contributed by atoms with van der Waals surface area (Å²) in [7, 11) is 1.50. The summed E-state index contributed by atoms with van der Waals surface area (Å²) < 4.78 is 11.0. The molecule has 1 aliphatic rings. The summed E-state index contributed by atoms with van der Waals surface area (Å²) in [6.07, 6.45) is 2.65. The zero-order valence-electron chi connectivity index (χ0n) is 25.9. The van der Waals surface area contributed by atoms with Gasteiger partial charge in [0.2, 0.25) is 17.7 Å². The van der Waals surface area contributed by atoms with E-state index in [1.54, 1.807) is 45.9 Å². The molecule has 1 aromatic rings. The molecule has 11 heteroatoms. The minimum absolute atomic E-state index is 0.129. The third-order valence-electron chi connectivity index (χ3n) is 7.55. The molecule has 2 rings (SSSR count). The molecule has 3 amide bonds. The van der Waals surface area contributed by atoms with Crippen LogP contribution in [0.2, 0.25) is 5.02 Å². The van der Waals surface area contributed by atoms with Gasteiger partial charge in [0.15, 0.2) is 0 Å². The van der Waals surface area contributed by atoms with E-state index in [-0.39, 0.29) is 24.9 Å². The first-order valence-electron chi connectivity index (χ1n) is 14.2. The molecular weight excluding hydrogens is 562 g/mol. The van der Waals surface area contributed by atoms with Crippen LogP contribution in [0.4, 0.5) is 0 Å². The first-order chi connectivity index (χ1) is 19.5. The van der Waals surface area contributed by atoms with Gasteiger partial charge in [-0.3, -0.25) is 14.4 Å². The van der Waals surface area contributed by atoms with Crippen LogP contribution in [0, 0.1) is 16.7 Å². The van der Waals surface area contributed by atoms with E-state index in [2.05, 4.69) is 16.0 Å². The summed E-state index contributed by atoms with van der Waals surface area (Å²) in [4.78, 5) is 53.3. The van der Waals surface area contributed by atoms with Crippen molar-refractivity contribution in [2.45, 2.75) is 92.0 Å². The predicted octanol–water partition coefficient (Wildman–Crippen LogP) is 3.33. The number of hydrogen-bond acceptors (Lipinski definition) is 7. The summed E-state index contributed by atoms with van der Waals surface area (Å²) in [6, 6.07) is 2.48. The Kier molecular flexibility index (Phi) is 12.4. The number of ether oxygens (including phenoxy) is 2. The van der Waals surface area contributed by atoms with Crippen molar-refractivity contribution in [1.29, 1.82) is 0 Å². The molecule has 0 aromatic heterocycles. The number of halogens is 1. The number of aliphatic hydroxyl groups is 1. The molecule has 1 aromatic carbocycles. The lowest BCUT2D eigenvalue weighted by Crippen LogP contribution is -2.58. The lowest BCUT2D eigenvalue weighted by atomic mass is 9.82. The van der Waals surface area contributed by atoms with Crippen molar-refractivity contribution in [3.8, 4) is 5.75 Å². The van der Waals surface area contributed by atoms with Gasteiger partial charge >= 0.3 is 5.97 Å². The fraction of sp³-hybridized carbons (Fsp3) is 0.613. The number of carbonyl (C=O) groups excluding carboxylic acids is 4. The molecule has 1 unspecified atom stereocenters. The van der Waals surface area contributed by atoms with Crippen LogP contribution in [-0.2, 0) is 30.3 Å². The average molecular weight is 608 g/mol. The van der Waals surface area contributed by atoms with E-state index >= 15 is 0 Å². The predicted molar refractivity (Wildman–Crippen MR) is 161 cm³/mol. The van der Waals surface area contributed by atoms with Gasteiger partial charge in [0.25, 0.3) is 0 Å². The number of aliphatic hydroxyl groups excluding tert-OH is 1. The number of methoxy groups -OCH3 is 1. The summed E-state index contributed by atoms with van der Waals surface area (Å²) in [5.74, 6) is -2.03. The van der Waals surface area contributed by atoms with Gasteiger partial charge in [-0.2, -0.15) is 0 Å². The van der Waals surface area contributed by atoms with Gasteiger partial charge in [0, 0.05) is 31.4 Å². The van der Waals surface area contributed by atoms with Crippen molar-refractivity contribution in [3.63, 3.8) is 0 Å². The largest absolute Gasteiger partial charge is 0.495 e. The number of carbonyl (C=O) groups is 4. The van der Waals surface area contributed by atoms with Crippen LogP contribution in [0.5, 0.6) is 5.75 Å². The second-order valence-electron chi connectivity index (χ2n) is 12.8. The molecule has 1 aliphatic heterocycles. The second-order valence-corrected chi connectivity index (χ2v) is 13.2. The SMILES string of the molecule is COc1ccc(C[C@H]2NC(=O)/C=C/C[C@@H](C(C)CO)OC(=O)[C@H](CC(C)(C)C)NC(=O)C(C)(C)[C@H](C)NC2=O)cc1Cl. The molecule has 0 saturated heterocycles. The highest BCUT2D eigenvalue weighted by atomic mass is 35.5. The number of nitrogens with one attached hydrogen (secondary N) is 3. The Labute approximate surface area is 253 Å². The van der Waals surface area contributed by atoms with Crippen LogP contribution in [-0.4, -0.2) is 66.7 Å². The van der Waals surface area contributed by atoms with Gasteiger partial charge in [-0.1, -0.05) is 51.4 Å². The fourth-order valence-electron chi connectivity index (χ4n) is 4.40. The summed E-state index contributed by atoms with van der Waals surface area (Å²) in [5, 5.41) is 18.6. The summed E-state index contributed by atoms with van der Waals surface area (Å²) in [6.45, 7) is 12.4. The first kappa shape index (κ1) is 35.1. The Morgan fingerprint density at radius 2 is 1.79 bits per heavy atom. The first-order valence-corrected chi connectivity index (χ1v) is 14.6. The van der Waals surface area contributed by atoms with Gasteiger partial charge in [-0.05, 0) is 56.4 Å². The topological polar surface area (TPSA) is 143 Å². The molecule has 0 fully saturated rings. The van der Waals surface area contributed by atoms with Gasteiger partial charge in [-0.15, -0.1) is 0 Å². The van der Waals surface area contributed by atoms with Crippen molar-refractivity contribution in [2.24, 2.45) is 16.7 Å². The number of hydrogen-bond donors (Lipinski definition) is 4. The standard InChI is InChI=1S/C31H46ClN3O7/c1-18(17-36)24-10-9-11-26(37)34-22(15-20-12-13-25(41-8)21(32)14-20)27(38)33-19(2)31(6,7)29(40)35-23(28(39)42-24)16-30(3,4)5/h9,11-14,18-19,22-24,36H,10,15-17H2,1-8H3,(H,33,38)(H,34,37)(H,35,40)/b11-9+/t18?,19-,22+,23-,24-/m0/s1. The minimum atomic E-state index is -1.14. The molecule has 5 atom stereocenters. The zero-order valence-corrected chi connectivity index (χ0v) is 26.6. The van der Waals surface area contributed by atoms with E-state index in [0.717, 1.165) is 0 Å². The van der Waals surface area contributed by atoms with Crippen LogP contribution < -0.4 is 20.7 Å². The molecule has 0 aliphatic carbocycles. The molecule has 234 valence electrons. The van der Waals surface area contributed by atoms with E-state index in [4.69, 9.17) is 21.1 Å². The van der Waals surface area contributed by atoms with Gasteiger partial charge < -0.3 is 30.5 Å². The Morgan fingerprint density at radius 3 is 2.36 bits per heavy atom. The van der Waals surface area contributed by atoms with Gasteiger partial charge in [-0.25, -0.2) is 4.79 Å². The van der Waals surface area contributed by atoms with E-state index in [9.17, 15) is 24.3 Å². The van der Waals surface area contributed by atoms with E-state index in [0.29, 0.717) is 22.8 Å². The van der Waals surface area contributed by atoms with Gasteiger partial charge in [0.05, 0.1) is 17.5 Å². The molecule has 42 heavy (non-hydrogen) atoms. The van der Waals surface area contributed by atoms with Gasteiger partial charge in [0.1, 0.15) is 23.9 Å². The minimum Gasteiger partial charge on any atom is -0.495 e. The van der Waals surface area contributed by atoms with Crippen molar-refractivity contribution in [2.75, 3.05) is 13.7 Å². The summed E-state index contributed by atoms with van der Waals surface area (Å²) >= 11 is 6.29. The Balaban J connectivity index is 2.48. The van der Waals surface area contributed by atoms with E-state index < -0.39 is 59.3 Å². The summed E-state index contributed by atoms with van der Waals surface area (Å²) in [5.41, 5.74) is -0.771. The quantitative estimate of drug-likeness (QED) is 0.363. The molecule has 10 nitrogen and oxygen atoms in total. The Bertz CT molecular complexity index is 1160.